The van der Waals surface area contributed by atoms with Crippen LogP contribution in [0.1, 0.15) is 26.3 Å². The van der Waals surface area contributed by atoms with Crippen LogP contribution in [0.2, 0.25) is 0 Å². The molecule has 3 aromatic carbocycles. The molecule has 0 bridgehead atoms. The van der Waals surface area contributed by atoms with Gasteiger partial charge in [-0.3, -0.25) is 14.9 Å². The number of non-ortho nitro benzene ring substituents is 1. The fourth-order valence-corrected chi connectivity index (χ4v) is 2.99. The van der Waals surface area contributed by atoms with Gasteiger partial charge in [-0.15, -0.1) is 0 Å². The first-order valence-corrected chi connectivity index (χ1v) is 9.43. The van der Waals surface area contributed by atoms with Crippen molar-refractivity contribution in [2.45, 2.75) is 6.61 Å². The van der Waals surface area contributed by atoms with Crippen molar-refractivity contribution < 1.29 is 24.4 Å². The van der Waals surface area contributed by atoms with Gasteiger partial charge in [0.15, 0.2) is 0 Å². The van der Waals surface area contributed by atoms with Crippen LogP contribution in [0.25, 0.3) is 0 Å². The van der Waals surface area contributed by atoms with Crippen molar-refractivity contribution >= 4 is 39.2 Å². The van der Waals surface area contributed by atoms with E-state index in [1.54, 1.807) is 30.3 Å². The molecule has 2 N–H and O–H groups in total. The van der Waals surface area contributed by atoms with Gasteiger partial charge in [0, 0.05) is 22.2 Å². The van der Waals surface area contributed by atoms with Gasteiger partial charge in [-0.2, -0.15) is 0 Å². The summed E-state index contributed by atoms with van der Waals surface area (Å²) in [5.41, 5.74) is 1.09. The highest BCUT2D eigenvalue weighted by Gasteiger charge is 2.14. The van der Waals surface area contributed by atoms with E-state index in [0.717, 1.165) is 0 Å². The molecule has 0 atom stereocenters. The molecule has 30 heavy (non-hydrogen) atoms. The molecule has 152 valence electrons. The predicted octanol–water partition coefficient (Wildman–Crippen LogP) is 4.89. The number of aromatic carboxylic acids is 1. The van der Waals surface area contributed by atoms with Crippen LogP contribution in [-0.2, 0) is 6.61 Å². The van der Waals surface area contributed by atoms with Gasteiger partial charge in [-0.05, 0) is 48.0 Å². The zero-order valence-electron chi connectivity index (χ0n) is 15.4. The summed E-state index contributed by atoms with van der Waals surface area (Å²) in [7, 11) is 0. The first-order valence-electron chi connectivity index (χ1n) is 8.64. The van der Waals surface area contributed by atoms with Crippen molar-refractivity contribution in [3.63, 3.8) is 0 Å². The highest BCUT2D eigenvalue weighted by molar-refractivity contribution is 9.10. The molecule has 3 rings (SSSR count). The molecule has 0 radical (unpaired) electrons. The van der Waals surface area contributed by atoms with Crippen LogP contribution >= 0.6 is 15.9 Å². The lowest BCUT2D eigenvalue weighted by atomic mass is 10.1. The molecule has 1 amide bonds. The van der Waals surface area contributed by atoms with Crippen molar-refractivity contribution in [2.75, 3.05) is 5.32 Å². The summed E-state index contributed by atoms with van der Waals surface area (Å²) >= 11 is 3.20. The number of halogens is 1. The lowest BCUT2D eigenvalue weighted by molar-refractivity contribution is -0.384. The van der Waals surface area contributed by atoms with Crippen molar-refractivity contribution in [1.29, 1.82) is 0 Å². The summed E-state index contributed by atoms with van der Waals surface area (Å²) in [4.78, 5) is 34.2. The number of carboxylic acids is 1. The van der Waals surface area contributed by atoms with E-state index in [4.69, 9.17) is 4.74 Å². The Morgan fingerprint density at radius 3 is 2.47 bits per heavy atom. The smallest absolute Gasteiger partial charge is 0.337 e. The third kappa shape index (κ3) is 5.21. The van der Waals surface area contributed by atoms with Gasteiger partial charge in [0.1, 0.15) is 12.4 Å². The SMILES string of the molecule is O=C(Nc1ccc(Br)cc1C(=O)O)c1ccc(OCc2cccc([N+](=O)[O-])c2)cc1. The fourth-order valence-electron chi connectivity index (χ4n) is 2.63. The summed E-state index contributed by atoms with van der Waals surface area (Å²) in [6.45, 7) is 0.133. The number of carbonyl (C=O) groups excluding carboxylic acids is 1. The second kappa shape index (κ2) is 9.19. The molecule has 9 heteroatoms. The number of nitrogens with zero attached hydrogens (tertiary/aromatic N) is 1. The van der Waals surface area contributed by atoms with Gasteiger partial charge >= 0.3 is 5.97 Å². The van der Waals surface area contributed by atoms with Crippen molar-refractivity contribution in [3.05, 3.63) is 98.0 Å². The Bertz CT molecular complexity index is 1110. The Kier molecular flexibility index (Phi) is 6.43. The van der Waals surface area contributed by atoms with E-state index in [2.05, 4.69) is 21.2 Å². The lowest BCUT2D eigenvalue weighted by Crippen LogP contribution is -2.14. The van der Waals surface area contributed by atoms with E-state index in [-0.39, 0.29) is 23.5 Å². The van der Waals surface area contributed by atoms with Crippen LogP contribution in [-0.4, -0.2) is 21.9 Å². The van der Waals surface area contributed by atoms with E-state index >= 15 is 0 Å². The van der Waals surface area contributed by atoms with Crippen LogP contribution in [0.5, 0.6) is 5.75 Å². The van der Waals surface area contributed by atoms with Crippen LogP contribution in [0.3, 0.4) is 0 Å². The minimum atomic E-state index is -1.16. The second-order valence-corrected chi connectivity index (χ2v) is 7.10. The van der Waals surface area contributed by atoms with E-state index in [9.17, 15) is 24.8 Å². The van der Waals surface area contributed by atoms with Crippen LogP contribution in [0, 0.1) is 10.1 Å². The fraction of sp³-hybridized carbons (Fsp3) is 0.0476. The number of carboxylic acid groups (broad SMARTS) is 1. The molecule has 8 nitrogen and oxygen atoms in total. The van der Waals surface area contributed by atoms with Gasteiger partial charge in [0.25, 0.3) is 11.6 Å². The Labute approximate surface area is 179 Å². The first kappa shape index (κ1) is 21.0. The number of rotatable bonds is 7. The molecule has 0 saturated heterocycles. The van der Waals surface area contributed by atoms with Crippen molar-refractivity contribution in [3.8, 4) is 5.75 Å². The molecule has 0 spiro atoms. The molecule has 0 aliphatic rings. The Balaban J connectivity index is 1.66. The number of ether oxygens (including phenoxy) is 1. The topological polar surface area (TPSA) is 119 Å². The molecule has 0 aliphatic carbocycles. The Morgan fingerprint density at radius 2 is 1.80 bits per heavy atom. The highest BCUT2D eigenvalue weighted by Crippen LogP contribution is 2.23. The van der Waals surface area contributed by atoms with Crippen LogP contribution < -0.4 is 10.1 Å². The molecule has 3 aromatic rings. The van der Waals surface area contributed by atoms with Gasteiger partial charge < -0.3 is 15.2 Å². The summed E-state index contributed by atoms with van der Waals surface area (Å²) in [6.07, 6.45) is 0. The predicted molar refractivity (Wildman–Crippen MR) is 113 cm³/mol. The quantitative estimate of drug-likeness (QED) is 0.374. The lowest BCUT2D eigenvalue weighted by Gasteiger charge is -2.10. The van der Waals surface area contributed by atoms with E-state index < -0.39 is 16.8 Å². The maximum absolute atomic E-state index is 12.4. The molecule has 0 aliphatic heterocycles. The number of benzene rings is 3. The molecule has 0 fully saturated rings. The number of nitrogens with one attached hydrogen (secondary N) is 1. The maximum atomic E-state index is 12.4. The number of hydrogen-bond acceptors (Lipinski definition) is 5. The summed E-state index contributed by atoms with van der Waals surface area (Å²) in [6, 6.07) is 16.9. The average Bonchev–Trinajstić information content (AvgIpc) is 2.74. The van der Waals surface area contributed by atoms with E-state index in [1.165, 1.54) is 36.4 Å². The summed E-state index contributed by atoms with van der Waals surface area (Å²) in [5.74, 6) is -1.14. The van der Waals surface area contributed by atoms with Gasteiger partial charge in [-0.1, -0.05) is 28.1 Å². The number of anilines is 1. The third-order valence-electron chi connectivity index (χ3n) is 4.10. The summed E-state index contributed by atoms with van der Waals surface area (Å²) in [5, 5.41) is 22.7. The molecule has 0 unspecified atom stereocenters. The molecule has 0 saturated carbocycles. The van der Waals surface area contributed by atoms with Gasteiger partial charge in [0.05, 0.1) is 16.2 Å². The van der Waals surface area contributed by atoms with E-state index in [1.807, 2.05) is 0 Å². The third-order valence-corrected chi connectivity index (χ3v) is 4.60. The normalized spacial score (nSPS) is 10.3. The second-order valence-electron chi connectivity index (χ2n) is 6.19. The molecular formula is C21H15BrN2O6. The number of carbonyl (C=O) groups is 2. The van der Waals surface area contributed by atoms with Gasteiger partial charge in [0.2, 0.25) is 0 Å². The van der Waals surface area contributed by atoms with Crippen LogP contribution in [0.4, 0.5) is 11.4 Å². The first-order chi connectivity index (χ1) is 14.3. The number of nitro groups is 1. The summed E-state index contributed by atoms with van der Waals surface area (Å²) < 4.78 is 6.19. The largest absolute Gasteiger partial charge is 0.489 e. The Morgan fingerprint density at radius 1 is 1.07 bits per heavy atom. The monoisotopic (exact) mass is 470 g/mol. The van der Waals surface area contributed by atoms with E-state index in [0.29, 0.717) is 21.3 Å². The van der Waals surface area contributed by atoms with Gasteiger partial charge in [-0.25, -0.2) is 4.79 Å². The minimum absolute atomic E-state index is 0.0169. The molecule has 0 aromatic heterocycles. The van der Waals surface area contributed by atoms with Crippen molar-refractivity contribution in [2.24, 2.45) is 0 Å². The number of nitro benzene ring substituents is 1. The number of hydrogen-bond donors (Lipinski definition) is 2. The zero-order valence-corrected chi connectivity index (χ0v) is 17.0. The standard InChI is InChI=1S/C21H15BrN2O6/c22-15-6-9-19(18(11-15)21(26)27)23-20(25)14-4-7-17(8-5-14)30-12-13-2-1-3-16(10-13)24(28)29/h1-11H,12H2,(H,23,25)(H,26,27). The Hall–Kier alpha value is -3.72. The number of amides is 1. The minimum Gasteiger partial charge on any atom is -0.489 e. The van der Waals surface area contributed by atoms with Crippen LogP contribution in [0.15, 0.2) is 71.2 Å². The molecule has 0 heterocycles. The zero-order chi connectivity index (χ0) is 21.7. The van der Waals surface area contributed by atoms with Crippen molar-refractivity contribution in [1.82, 2.24) is 0 Å². The highest BCUT2D eigenvalue weighted by atomic mass is 79.9. The average molecular weight is 471 g/mol. The maximum Gasteiger partial charge on any atom is 0.337 e. The molecular weight excluding hydrogens is 456 g/mol.